The number of amidine groups is 1. The third kappa shape index (κ3) is 7.58. The topological polar surface area (TPSA) is 165 Å². The van der Waals surface area contributed by atoms with Gasteiger partial charge in [0.05, 0.1) is 18.5 Å². The number of rotatable bonds is 13. The Morgan fingerprint density at radius 1 is 0.979 bits per heavy atom. The van der Waals surface area contributed by atoms with Crippen molar-refractivity contribution in [2.75, 3.05) is 0 Å². The highest BCUT2D eigenvalue weighted by Gasteiger charge is 2.49. The van der Waals surface area contributed by atoms with E-state index < -0.39 is 17.1 Å². The van der Waals surface area contributed by atoms with Gasteiger partial charge in [-0.3, -0.25) is 25.1 Å². The molecule has 1 aromatic heterocycles. The fourth-order valence-corrected chi connectivity index (χ4v) is 6.07. The average Bonchev–Trinajstić information content (AvgIpc) is 3.83. The number of aromatic nitrogens is 4. The number of nitrogens with zero attached hydrogens (tertiary/aromatic N) is 7. The van der Waals surface area contributed by atoms with Crippen LogP contribution in [0, 0.1) is 0 Å². The molecule has 4 aromatic rings. The van der Waals surface area contributed by atoms with Crippen LogP contribution in [0.1, 0.15) is 63.0 Å². The van der Waals surface area contributed by atoms with Gasteiger partial charge in [0.2, 0.25) is 12.6 Å². The quantitative estimate of drug-likeness (QED) is 0.0995. The molecule has 3 aromatic carbocycles. The van der Waals surface area contributed by atoms with E-state index in [9.17, 15) is 9.59 Å². The number of amides is 1. The molecule has 1 spiro atoms. The van der Waals surface area contributed by atoms with Gasteiger partial charge in [0.25, 0.3) is 5.91 Å². The molecule has 14 heteroatoms. The van der Waals surface area contributed by atoms with Crippen LogP contribution in [-0.4, -0.2) is 64.3 Å². The van der Waals surface area contributed by atoms with Crippen molar-refractivity contribution >= 4 is 17.9 Å². The van der Waals surface area contributed by atoms with E-state index in [2.05, 4.69) is 27.2 Å². The third-order valence-corrected chi connectivity index (χ3v) is 8.45. The molecule has 0 atom stereocenters. The molecule has 14 nitrogen and oxygen atoms in total. The molecular formula is C34H37N7O7. The first-order valence-electron chi connectivity index (χ1n) is 15.9. The molecule has 1 aliphatic heterocycles. The standard InChI is InChI=1S/C34H37N7O7/c1-2-3-13-30-35-34(18-6-7-19-34)32(42)39(30)21-24-14-16-26(17-15-24)28-11-4-5-12-29(28)31-36-38-40(37-31)23-46-33(43)48-27-10-8-9-25(20-27)22-47-41(44)45/h4-5,8-12,14-17,20,44-45H,2-3,6-7,13,18-19,21-23H2,1H3. The molecule has 2 heterocycles. The lowest BCUT2D eigenvalue weighted by atomic mass is 9.97. The zero-order chi connectivity index (χ0) is 33.5. The maximum absolute atomic E-state index is 13.6. The Labute approximate surface area is 277 Å². The summed E-state index contributed by atoms with van der Waals surface area (Å²) in [7, 11) is 0. The van der Waals surface area contributed by atoms with E-state index in [0.717, 1.165) is 77.8 Å². The van der Waals surface area contributed by atoms with Crippen LogP contribution in [0.2, 0.25) is 0 Å². The van der Waals surface area contributed by atoms with Gasteiger partial charge in [0, 0.05) is 12.0 Å². The molecule has 250 valence electrons. The maximum atomic E-state index is 13.6. The molecule has 0 bridgehead atoms. The summed E-state index contributed by atoms with van der Waals surface area (Å²) >= 11 is 0. The molecule has 2 N–H and O–H groups in total. The van der Waals surface area contributed by atoms with E-state index in [4.69, 9.17) is 24.9 Å². The van der Waals surface area contributed by atoms with Crippen LogP contribution in [0.25, 0.3) is 22.5 Å². The van der Waals surface area contributed by atoms with Gasteiger partial charge >= 0.3 is 6.16 Å². The second kappa shape index (κ2) is 14.8. The van der Waals surface area contributed by atoms with Gasteiger partial charge in [-0.2, -0.15) is 0 Å². The monoisotopic (exact) mass is 655 g/mol. The van der Waals surface area contributed by atoms with Crippen molar-refractivity contribution in [2.24, 2.45) is 4.99 Å². The zero-order valence-electron chi connectivity index (χ0n) is 26.6. The molecule has 0 saturated heterocycles. The SMILES string of the molecule is CCCCC1=NC2(CCCC2)C(=O)N1Cc1ccc(-c2ccccc2-c2nnn(COC(=O)Oc3cccc(CON(O)O)c3)n2)cc1. The molecule has 48 heavy (non-hydrogen) atoms. The lowest BCUT2D eigenvalue weighted by Crippen LogP contribution is -2.40. The van der Waals surface area contributed by atoms with Crippen molar-refractivity contribution in [3.8, 4) is 28.3 Å². The summed E-state index contributed by atoms with van der Waals surface area (Å²) in [5.74, 6) is 1.58. The highest BCUT2D eigenvalue weighted by atomic mass is 17.1. The average molecular weight is 656 g/mol. The number of carbonyl (C=O) groups is 2. The Morgan fingerprint density at radius 2 is 1.75 bits per heavy atom. The summed E-state index contributed by atoms with van der Waals surface area (Å²) in [6.07, 6.45) is 5.66. The Hall–Kier alpha value is -5.02. The summed E-state index contributed by atoms with van der Waals surface area (Å²) in [6.45, 7) is 2.15. The maximum Gasteiger partial charge on any atom is 0.515 e. The predicted octanol–water partition coefficient (Wildman–Crippen LogP) is 5.94. The minimum atomic E-state index is -0.990. The zero-order valence-corrected chi connectivity index (χ0v) is 26.6. The number of hydrogen-bond donors (Lipinski definition) is 2. The fraction of sp³-hybridized carbons (Fsp3) is 0.353. The summed E-state index contributed by atoms with van der Waals surface area (Å²) < 4.78 is 10.3. The Balaban J connectivity index is 1.09. The second-order valence-electron chi connectivity index (χ2n) is 11.8. The van der Waals surface area contributed by atoms with Crippen LogP contribution >= 0.6 is 0 Å². The lowest BCUT2D eigenvalue weighted by molar-refractivity contribution is -0.497. The summed E-state index contributed by atoms with van der Waals surface area (Å²) in [6, 6.07) is 22.1. The number of tetrazole rings is 1. The van der Waals surface area contributed by atoms with Crippen molar-refractivity contribution in [3.05, 3.63) is 83.9 Å². The van der Waals surface area contributed by atoms with Crippen molar-refractivity contribution < 1.29 is 34.3 Å². The van der Waals surface area contributed by atoms with Crippen LogP contribution in [0.3, 0.4) is 0 Å². The van der Waals surface area contributed by atoms with E-state index in [1.54, 1.807) is 12.1 Å². The highest BCUT2D eigenvalue weighted by Crippen LogP contribution is 2.40. The largest absolute Gasteiger partial charge is 0.515 e. The van der Waals surface area contributed by atoms with Crippen LogP contribution in [0.4, 0.5) is 4.79 Å². The fourth-order valence-electron chi connectivity index (χ4n) is 6.07. The van der Waals surface area contributed by atoms with Crippen molar-refractivity contribution in [1.82, 2.24) is 30.5 Å². The lowest BCUT2D eigenvalue weighted by Gasteiger charge is -2.23. The van der Waals surface area contributed by atoms with Gasteiger partial charge in [-0.25, -0.2) is 9.63 Å². The number of unbranched alkanes of at least 4 members (excludes halogenated alkanes) is 1. The number of carbonyl (C=O) groups excluding carboxylic acids is 2. The number of hydrogen-bond acceptors (Lipinski definition) is 12. The van der Waals surface area contributed by atoms with E-state index in [1.807, 2.05) is 53.4 Å². The molecular weight excluding hydrogens is 618 g/mol. The minimum Gasteiger partial charge on any atom is -0.409 e. The Bertz CT molecular complexity index is 1770. The van der Waals surface area contributed by atoms with Crippen LogP contribution in [-0.2, 0) is 34.3 Å². The van der Waals surface area contributed by atoms with Gasteiger partial charge < -0.3 is 9.47 Å². The summed E-state index contributed by atoms with van der Waals surface area (Å²) in [4.78, 5) is 38.4. The Morgan fingerprint density at radius 3 is 2.50 bits per heavy atom. The van der Waals surface area contributed by atoms with E-state index in [0.29, 0.717) is 17.9 Å². The molecule has 1 saturated carbocycles. The molecule has 2 aliphatic rings. The summed E-state index contributed by atoms with van der Waals surface area (Å²) in [5.41, 5.74) is 3.59. The number of ether oxygens (including phenoxy) is 2. The van der Waals surface area contributed by atoms with Gasteiger partial charge in [-0.1, -0.05) is 86.8 Å². The van der Waals surface area contributed by atoms with Crippen molar-refractivity contribution in [1.29, 1.82) is 0 Å². The first-order chi connectivity index (χ1) is 23.3. The second-order valence-corrected chi connectivity index (χ2v) is 11.8. The van der Waals surface area contributed by atoms with Gasteiger partial charge in [-0.15, -0.1) is 15.0 Å². The molecule has 1 aliphatic carbocycles. The molecule has 6 rings (SSSR count). The normalized spacial score (nSPS) is 15.4. The van der Waals surface area contributed by atoms with E-state index in [1.165, 1.54) is 12.1 Å². The Kier molecular flexibility index (Phi) is 10.2. The van der Waals surface area contributed by atoms with Crippen molar-refractivity contribution in [3.63, 3.8) is 0 Å². The molecule has 1 amide bonds. The molecule has 0 radical (unpaired) electrons. The summed E-state index contributed by atoms with van der Waals surface area (Å²) in [5, 5.41) is 29.6. The smallest absolute Gasteiger partial charge is 0.409 e. The van der Waals surface area contributed by atoms with Crippen molar-refractivity contribution in [2.45, 2.75) is 77.3 Å². The van der Waals surface area contributed by atoms with Gasteiger partial charge in [-0.05, 0) is 58.9 Å². The third-order valence-electron chi connectivity index (χ3n) is 8.45. The van der Waals surface area contributed by atoms with Crippen LogP contribution in [0.5, 0.6) is 5.75 Å². The van der Waals surface area contributed by atoms with Crippen LogP contribution < -0.4 is 4.74 Å². The number of benzene rings is 3. The van der Waals surface area contributed by atoms with Gasteiger partial charge in [0.15, 0.2) is 0 Å². The molecule has 1 fully saturated rings. The van der Waals surface area contributed by atoms with Crippen LogP contribution in [0.15, 0.2) is 77.8 Å². The van der Waals surface area contributed by atoms with E-state index >= 15 is 0 Å². The first-order valence-corrected chi connectivity index (χ1v) is 15.9. The number of aliphatic imine (C=N–C) groups is 1. The minimum absolute atomic E-state index is 0.144. The first kappa shape index (κ1) is 32.9. The predicted molar refractivity (Wildman–Crippen MR) is 171 cm³/mol. The van der Waals surface area contributed by atoms with Gasteiger partial charge in [0.1, 0.15) is 17.1 Å². The van der Waals surface area contributed by atoms with E-state index in [-0.39, 0.29) is 25.0 Å². The molecule has 0 unspecified atom stereocenters. The highest BCUT2D eigenvalue weighted by molar-refractivity contribution is 6.08.